The number of rotatable bonds is 6. The summed E-state index contributed by atoms with van der Waals surface area (Å²) in [6.07, 6.45) is 11.0. The lowest BCUT2D eigenvalue weighted by Gasteiger charge is -2.30. The fourth-order valence-corrected chi connectivity index (χ4v) is 3.71. The average molecular weight is 452 g/mol. The molecule has 2 fully saturated rings. The van der Waals surface area contributed by atoms with Crippen molar-refractivity contribution in [1.29, 1.82) is 0 Å². The van der Waals surface area contributed by atoms with E-state index in [1.165, 1.54) is 64.5 Å². The smallest absolute Gasteiger partial charge is 0.191 e. The standard InChI is InChI=1S/C18H36N4O.HI/c1-19-18(21-14-16-8-7-12-22(2)15-16)20-11-13-23-17-9-5-3-4-6-10-17;/h16-17H,3-15H2,1-2H3,(H2,19,20,21);1H. The highest BCUT2D eigenvalue weighted by Crippen LogP contribution is 2.19. The molecule has 1 atom stereocenters. The van der Waals surface area contributed by atoms with Gasteiger partial charge in [-0.05, 0) is 45.2 Å². The van der Waals surface area contributed by atoms with E-state index >= 15 is 0 Å². The zero-order valence-electron chi connectivity index (χ0n) is 15.6. The molecule has 2 rings (SSSR count). The third-order valence-electron chi connectivity index (χ3n) is 5.05. The maximum atomic E-state index is 6.01. The van der Waals surface area contributed by atoms with Crippen LogP contribution in [0.2, 0.25) is 0 Å². The van der Waals surface area contributed by atoms with Gasteiger partial charge in [-0.2, -0.15) is 0 Å². The van der Waals surface area contributed by atoms with Gasteiger partial charge in [-0.25, -0.2) is 0 Å². The molecular weight excluding hydrogens is 415 g/mol. The molecule has 0 aromatic heterocycles. The summed E-state index contributed by atoms with van der Waals surface area (Å²) in [5.41, 5.74) is 0. The molecule has 1 aliphatic carbocycles. The summed E-state index contributed by atoms with van der Waals surface area (Å²) in [4.78, 5) is 6.74. The number of halogens is 1. The number of ether oxygens (including phenoxy) is 1. The number of aliphatic imine (C=N–C) groups is 1. The Labute approximate surface area is 165 Å². The van der Waals surface area contributed by atoms with E-state index < -0.39 is 0 Å². The minimum atomic E-state index is 0. The molecule has 0 radical (unpaired) electrons. The second-order valence-electron chi connectivity index (χ2n) is 7.13. The normalized spacial score (nSPS) is 24.1. The van der Waals surface area contributed by atoms with Gasteiger partial charge in [0.2, 0.25) is 0 Å². The maximum absolute atomic E-state index is 6.01. The van der Waals surface area contributed by atoms with Gasteiger partial charge in [0.05, 0.1) is 12.7 Å². The third-order valence-corrected chi connectivity index (χ3v) is 5.05. The summed E-state index contributed by atoms with van der Waals surface area (Å²) in [6, 6.07) is 0. The molecule has 1 unspecified atom stereocenters. The summed E-state index contributed by atoms with van der Waals surface area (Å²) in [5.74, 6) is 1.64. The van der Waals surface area contributed by atoms with Gasteiger partial charge in [0.1, 0.15) is 0 Å². The number of hydrogen-bond acceptors (Lipinski definition) is 3. The molecule has 0 aromatic carbocycles. The Hall–Kier alpha value is -0.0800. The van der Waals surface area contributed by atoms with Crippen LogP contribution >= 0.6 is 24.0 Å². The molecule has 24 heavy (non-hydrogen) atoms. The number of nitrogens with zero attached hydrogens (tertiary/aromatic N) is 2. The van der Waals surface area contributed by atoms with Gasteiger partial charge in [-0.1, -0.05) is 25.7 Å². The maximum Gasteiger partial charge on any atom is 0.191 e. The van der Waals surface area contributed by atoms with Crippen molar-refractivity contribution in [3.8, 4) is 0 Å². The first-order chi connectivity index (χ1) is 11.3. The summed E-state index contributed by atoms with van der Waals surface area (Å²) >= 11 is 0. The van der Waals surface area contributed by atoms with Crippen LogP contribution in [0.25, 0.3) is 0 Å². The number of piperidine rings is 1. The predicted molar refractivity (Wildman–Crippen MR) is 112 cm³/mol. The quantitative estimate of drug-likeness (QED) is 0.214. The summed E-state index contributed by atoms with van der Waals surface area (Å²) < 4.78 is 6.01. The van der Waals surface area contributed by atoms with E-state index in [0.29, 0.717) is 6.10 Å². The van der Waals surface area contributed by atoms with Gasteiger partial charge >= 0.3 is 0 Å². The fourth-order valence-electron chi connectivity index (χ4n) is 3.71. The van der Waals surface area contributed by atoms with Crippen LogP contribution in [0.3, 0.4) is 0 Å². The monoisotopic (exact) mass is 452 g/mol. The SMILES string of the molecule is CN=C(NCCOC1CCCCCC1)NCC1CCCN(C)C1.I. The molecule has 0 spiro atoms. The molecule has 5 nitrogen and oxygen atoms in total. The van der Waals surface area contributed by atoms with Crippen LogP contribution in [0.1, 0.15) is 51.4 Å². The first-order valence-electron chi connectivity index (χ1n) is 9.52. The average Bonchev–Trinajstić information content (AvgIpc) is 2.83. The van der Waals surface area contributed by atoms with E-state index in [0.717, 1.165) is 31.6 Å². The molecule has 6 heteroatoms. The van der Waals surface area contributed by atoms with Crippen molar-refractivity contribution < 1.29 is 4.74 Å². The van der Waals surface area contributed by atoms with Gasteiger partial charge in [0.15, 0.2) is 5.96 Å². The Morgan fingerprint density at radius 2 is 1.83 bits per heavy atom. The van der Waals surface area contributed by atoms with Gasteiger partial charge in [0, 0.05) is 26.7 Å². The highest BCUT2D eigenvalue weighted by molar-refractivity contribution is 14.0. The molecule has 0 bridgehead atoms. The van der Waals surface area contributed by atoms with E-state index in [4.69, 9.17) is 4.74 Å². The lowest BCUT2D eigenvalue weighted by atomic mass is 9.99. The van der Waals surface area contributed by atoms with Crippen molar-refractivity contribution in [2.24, 2.45) is 10.9 Å². The highest BCUT2D eigenvalue weighted by atomic mass is 127. The summed E-state index contributed by atoms with van der Waals surface area (Å²) in [6.45, 7) is 5.04. The Balaban J connectivity index is 0.00000288. The molecule has 1 saturated heterocycles. The Bertz CT molecular complexity index is 346. The highest BCUT2D eigenvalue weighted by Gasteiger charge is 2.17. The molecule has 0 amide bonds. The Kier molecular flexibility index (Phi) is 12.0. The topological polar surface area (TPSA) is 48.9 Å². The molecule has 1 aliphatic heterocycles. The predicted octanol–water partition coefficient (Wildman–Crippen LogP) is 2.85. The van der Waals surface area contributed by atoms with Gasteiger partial charge in [-0.15, -0.1) is 24.0 Å². The van der Waals surface area contributed by atoms with Gasteiger partial charge < -0.3 is 20.3 Å². The molecule has 2 N–H and O–H groups in total. The van der Waals surface area contributed by atoms with Crippen LogP contribution in [0.5, 0.6) is 0 Å². The third kappa shape index (κ3) is 8.85. The Morgan fingerprint density at radius 3 is 2.50 bits per heavy atom. The van der Waals surface area contributed by atoms with Crippen molar-refractivity contribution in [2.75, 3.05) is 46.9 Å². The van der Waals surface area contributed by atoms with E-state index in [2.05, 4.69) is 27.6 Å². The lowest BCUT2D eigenvalue weighted by molar-refractivity contribution is 0.0468. The summed E-state index contributed by atoms with van der Waals surface area (Å²) in [5, 5.41) is 6.84. The van der Waals surface area contributed by atoms with E-state index in [-0.39, 0.29) is 24.0 Å². The first kappa shape index (κ1) is 22.0. The van der Waals surface area contributed by atoms with E-state index in [9.17, 15) is 0 Å². The van der Waals surface area contributed by atoms with Crippen LogP contribution in [0, 0.1) is 5.92 Å². The van der Waals surface area contributed by atoms with Crippen LogP contribution < -0.4 is 10.6 Å². The number of likely N-dealkylation sites (tertiary alicyclic amines) is 1. The minimum Gasteiger partial charge on any atom is -0.376 e. The second kappa shape index (κ2) is 13.2. The van der Waals surface area contributed by atoms with Crippen LogP contribution in [0.4, 0.5) is 0 Å². The van der Waals surface area contributed by atoms with Crippen LogP contribution in [-0.4, -0.2) is 63.8 Å². The van der Waals surface area contributed by atoms with E-state index in [1.807, 2.05) is 7.05 Å². The number of guanidine groups is 1. The van der Waals surface area contributed by atoms with Crippen molar-refractivity contribution in [1.82, 2.24) is 15.5 Å². The molecular formula is C18H37IN4O. The number of hydrogen-bond donors (Lipinski definition) is 2. The Morgan fingerprint density at radius 1 is 1.08 bits per heavy atom. The van der Waals surface area contributed by atoms with Crippen molar-refractivity contribution in [3.05, 3.63) is 0 Å². The minimum absolute atomic E-state index is 0. The summed E-state index contributed by atoms with van der Waals surface area (Å²) in [7, 11) is 4.05. The molecule has 0 aromatic rings. The fraction of sp³-hybridized carbons (Fsp3) is 0.944. The number of nitrogens with one attached hydrogen (secondary N) is 2. The van der Waals surface area contributed by atoms with Crippen molar-refractivity contribution in [2.45, 2.75) is 57.5 Å². The van der Waals surface area contributed by atoms with Crippen LogP contribution in [0.15, 0.2) is 4.99 Å². The molecule has 142 valence electrons. The zero-order valence-corrected chi connectivity index (χ0v) is 17.9. The van der Waals surface area contributed by atoms with Crippen molar-refractivity contribution in [3.63, 3.8) is 0 Å². The largest absolute Gasteiger partial charge is 0.376 e. The van der Waals surface area contributed by atoms with Crippen LogP contribution in [-0.2, 0) is 4.74 Å². The van der Waals surface area contributed by atoms with Crippen molar-refractivity contribution >= 4 is 29.9 Å². The molecule has 1 heterocycles. The van der Waals surface area contributed by atoms with E-state index in [1.54, 1.807) is 0 Å². The van der Waals surface area contributed by atoms with Gasteiger partial charge in [0.25, 0.3) is 0 Å². The van der Waals surface area contributed by atoms with Gasteiger partial charge in [-0.3, -0.25) is 4.99 Å². The zero-order chi connectivity index (χ0) is 16.3. The first-order valence-corrected chi connectivity index (χ1v) is 9.52. The second-order valence-corrected chi connectivity index (χ2v) is 7.13. The molecule has 1 saturated carbocycles. The molecule has 2 aliphatic rings. The lowest BCUT2D eigenvalue weighted by Crippen LogP contribution is -2.44.